The zero-order valence-corrected chi connectivity index (χ0v) is 17.2. The summed E-state index contributed by atoms with van der Waals surface area (Å²) in [5, 5.41) is 44.3. The first kappa shape index (κ1) is 20.0. The van der Waals surface area contributed by atoms with E-state index in [0.717, 1.165) is 31.3 Å². The van der Waals surface area contributed by atoms with Crippen molar-refractivity contribution in [1.82, 2.24) is 0 Å². The molecule has 0 unspecified atom stereocenters. The predicted octanol–water partition coefficient (Wildman–Crippen LogP) is 1.55. The molecule has 162 valence electrons. The molecule has 5 rings (SSSR count). The van der Waals surface area contributed by atoms with E-state index in [2.05, 4.69) is 0 Å². The van der Waals surface area contributed by atoms with Gasteiger partial charge in [-0.15, -0.1) is 0 Å². The highest BCUT2D eigenvalue weighted by Gasteiger charge is 2.71. The number of carbonyl (C=O) groups excluding carboxylic acids is 1. The van der Waals surface area contributed by atoms with Crippen molar-refractivity contribution >= 4 is 5.97 Å². The lowest BCUT2D eigenvalue weighted by molar-refractivity contribution is -0.252. The van der Waals surface area contributed by atoms with Gasteiger partial charge in [-0.05, 0) is 86.0 Å². The molecule has 0 aromatic heterocycles. The van der Waals surface area contributed by atoms with Crippen molar-refractivity contribution < 1.29 is 30.0 Å². The highest BCUT2D eigenvalue weighted by molar-refractivity contribution is 5.85. The van der Waals surface area contributed by atoms with Gasteiger partial charge in [0.2, 0.25) is 0 Å². The Hall–Kier alpha value is -0.950. The van der Waals surface area contributed by atoms with Crippen molar-refractivity contribution in [3.8, 4) is 0 Å². The minimum atomic E-state index is -1.02. The SMILES string of the molecule is C[C@]12[C@H](O)C[C@@H]3[C@@H](CC[C@H]4C[C@@H](O)CC[C@@]43CO)[C@@]1(O)CC[C@@H]2C1=CC(=O)OC1. The van der Waals surface area contributed by atoms with Gasteiger partial charge in [-0.1, -0.05) is 6.92 Å². The van der Waals surface area contributed by atoms with Crippen LogP contribution in [0.2, 0.25) is 0 Å². The number of fused-ring (bicyclic) bond motifs is 5. The first-order chi connectivity index (χ1) is 13.8. The van der Waals surface area contributed by atoms with Crippen molar-refractivity contribution in [1.29, 1.82) is 0 Å². The third-order valence-electron chi connectivity index (χ3n) is 10.0. The normalized spacial score (nSPS) is 54.2. The summed E-state index contributed by atoms with van der Waals surface area (Å²) in [6, 6.07) is 0. The first-order valence-corrected chi connectivity index (χ1v) is 11.3. The fourth-order valence-corrected chi connectivity index (χ4v) is 8.48. The lowest BCUT2D eigenvalue weighted by Crippen LogP contribution is -2.68. The summed E-state index contributed by atoms with van der Waals surface area (Å²) in [6.07, 6.45) is 6.37. The quantitative estimate of drug-likeness (QED) is 0.519. The number of aliphatic hydroxyl groups excluding tert-OH is 3. The number of hydrogen-bond donors (Lipinski definition) is 4. The summed E-state index contributed by atoms with van der Waals surface area (Å²) in [7, 11) is 0. The molecule has 0 amide bonds. The number of aliphatic hydroxyl groups is 4. The van der Waals surface area contributed by atoms with Gasteiger partial charge in [0.25, 0.3) is 0 Å². The molecule has 0 aromatic rings. The van der Waals surface area contributed by atoms with Crippen molar-refractivity contribution in [2.45, 2.75) is 76.1 Å². The summed E-state index contributed by atoms with van der Waals surface area (Å²) in [5.41, 5.74) is -1.15. The number of hydrogen-bond acceptors (Lipinski definition) is 6. The predicted molar refractivity (Wildman–Crippen MR) is 105 cm³/mol. The van der Waals surface area contributed by atoms with Gasteiger partial charge in [-0.3, -0.25) is 0 Å². The molecule has 0 radical (unpaired) electrons. The van der Waals surface area contributed by atoms with Crippen molar-refractivity contribution in [2.24, 2.45) is 34.5 Å². The molecule has 1 aliphatic heterocycles. The Morgan fingerprint density at radius 3 is 2.59 bits per heavy atom. The molecule has 4 N–H and O–H groups in total. The van der Waals surface area contributed by atoms with Gasteiger partial charge in [-0.2, -0.15) is 0 Å². The zero-order valence-electron chi connectivity index (χ0n) is 17.2. The fourth-order valence-electron chi connectivity index (χ4n) is 8.48. The van der Waals surface area contributed by atoms with Gasteiger partial charge in [0.15, 0.2) is 0 Å². The second-order valence-corrected chi connectivity index (χ2v) is 10.7. The van der Waals surface area contributed by atoms with Gasteiger partial charge in [0.05, 0.1) is 17.8 Å². The molecule has 1 heterocycles. The molecule has 4 aliphatic carbocycles. The summed E-state index contributed by atoms with van der Waals surface area (Å²) in [6.45, 7) is 2.32. The van der Waals surface area contributed by atoms with E-state index in [-0.39, 0.29) is 54.4 Å². The number of esters is 1. The van der Waals surface area contributed by atoms with Crippen molar-refractivity contribution in [3.05, 3.63) is 11.6 Å². The fraction of sp³-hybridized carbons (Fsp3) is 0.870. The molecule has 0 spiro atoms. The van der Waals surface area contributed by atoms with Crippen molar-refractivity contribution in [2.75, 3.05) is 13.2 Å². The first-order valence-electron chi connectivity index (χ1n) is 11.3. The molecule has 4 saturated carbocycles. The van der Waals surface area contributed by atoms with E-state index >= 15 is 0 Å². The van der Waals surface area contributed by atoms with E-state index in [0.29, 0.717) is 25.7 Å². The van der Waals surface area contributed by atoms with Crippen LogP contribution >= 0.6 is 0 Å². The van der Waals surface area contributed by atoms with Crippen LogP contribution in [0.1, 0.15) is 58.3 Å². The van der Waals surface area contributed by atoms with Gasteiger partial charge >= 0.3 is 5.97 Å². The number of ether oxygens (including phenoxy) is 1. The van der Waals surface area contributed by atoms with Crippen LogP contribution in [-0.4, -0.2) is 57.4 Å². The average Bonchev–Trinajstić information content (AvgIpc) is 3.24. The molecule has 6 nitrogen and oxygen atoms in total. The third-order valence-corrected chi connectivity index (χ3v) is 10.0. The molecular weight excluding hydrogens is 372 g/mol. The van der Waals surface area contributed by atoms with Crippen LogP contribution < -0.4 is 0 Å². The van der Waals surface area contributed by atoms with Crippen LogP contribution in [0.4, 0.5) is 0 Å². The minimum Gasteiger partial charge on any atom is -0.458 e. The monoisotopic (exact) mass is 406 g/mol. The van der Waals surface area contributed by atoms with Crippen LogP contribution in [0.15, 0.2) is 11.6 Å². The topological polar surface area (TPSA) is 107 Å². The average molecular weight is 407 g/mol. The lowest BCUT2D eigenvalue weighted by atomic mass is 9.42. The maximum atomic E-state index is 12.1. The minimum absolute atomic E-state index is 0.0261. The summed E-state index contributed by atoms with van der Waals surface area (Å²) >= 11 is 0. The van der Waals surface area contributed by atoms with Crippen molar-refractivity contribution in [3.63, 3.8) is 0 Å². The van der Waals surface area contributed by atoms with E-state index in [4.69, 9.17) is 4.74 Å². The number of rotatable bonds is 2. The maximum Gasteiger partial charge on any atom is 0.331 e. The Labute approximate surface area is 172 Å². The molecule has 0 aromatic carbocycles. The Morgan fingerprint density at radius 2 is 1.90 bits per heavy atom. The molecule has 0 saturated heterocycles. The molecule has 4 fully saturated rings. The smallest absolute Gasteiger partial charge is 0.331 e. The molecule has 29 heavy (non-hydrogen) atoms. The highest BCUT2D eigenvalue weighted by Crippen LogP contribution is 2.69. The molecular formula is C23H34O6. The van der Waals surface area contributed by atoms with E-state index in [1.54, 1.807) is 6.08 Å². The Balaban J connectivity index is 1.53. The van der Waals surface area contributed by atoms with Gasteiger partial charge in [0, 0.05) is 18.1 Å². The zero-order chi connectivity index (χ0) is 20.6. The molecule has 5 aliphatic rings. The Bertz CT molecular complexity index is 735. The molecule has 9 atom stereocenters. The molecule has 6 heteroatoms. The van der Waals surface area contributed by atoms with E-state index in [1.165, 1.54) is 0 Å². The molecule has 0 bridgehead atoms. The van der Waals surface area contributed by atoms with E-state index in [1.807, 2.05) is 6.92 Å². The number of carbonyl (C=O) groups is 1. The van der Waals surface area contributed by atoms with Crippen LogP contribution in [0.3, 0.4) is 0 Å². The van der Waals surface area contributed by atoms with Crippen LogP contribution in [0, 0.1) is 34.5 Å². The van der Waals surface area contributed by atoms with Crippen LogP contribution in [0.25, 0.3) is 0 Å². The second kappa shape index (κ2) is 6.52. The summed E-state index contributed by atoms with van der Waals surface area (Å²) < 4.78 is 5.14. The summed E-state index contributed by atoms with van der Waals surface area (Å²) in [5.74, 6) is -0.0637. The van der Waals surface area contributed by atoms with Gasteiger partial charge in [-0.25, -0.2) is 4.79 Å². The largest absolute Gasteiger partial charge is 0.458 e. The second-order valence-electron chi connectivity index (χ2n) is 10.7. The standard InChI is InChI=1S/C23H34O6/c1-21-16(13-8-20(27)29-11-13)5-7-23(21,28)17-3-2-14-9-15(25)4-6-22(14,12-24)18(17)10-19(21)26/h8,14-19,24-26,28H,2-7,9-12H2,1H3/t14-,15-,16+,17+,18+,19+,21-,22+,23-/m0/s1. The van der Waals surface area contributed by atoms with Gasteiger partial charge < -0.3 is 25.2 Å². The van der Waals surface area contributed by atoms with E-state index in [9.17, 15) is 25.2 Å². The number of cyclic esters (lactones) is 1. The Morgan fingerprint density at radius 1 is 1.10 bits per heavy atom. The third kappa shape index (κ3) is 2.46. The lowest BCUT2D eigenvalue weighted by Gasteiger charge is -2.65. The Kier molecular flexibility index (Phi) is 4.49. The maximum absolute atomic E-state index is 12.1. The van der Waals surface area contributed by atoms with Gasteiger partial charge in [0.1, 0.15) is 6.61 Å². The highest BCUT2D eigenvalue weighted by atomic mass is 16.5. The van der Waals surface area contributed by atoms with Crippen LogP contribution in [0.5, 0.6) is 0 Å². The van der Waals surface area contributed by atoms with Crippen LogP contribution in [-0.2, 0) is 9.53 Å². The summed E-state index contributed by atoms with van der Waals surface area (Å²) in [4.78, 5) is 11.7. The van der Waals surface area contributed by atoms with E-state index < -0.39 is 17.1 Å².